The van der Waals surface area contributed by atoms with Crippen LogP contribution < -0.4 is 16.1 Å². The minimum Gasteiger partial charge on any atom is -0.477 e. The van der Waals surface area contributed by atoms with Gasteiger partial charge in [-0.25, -0.2) is 14.0 Å². The number of carbonyl (C=O) groups is 4. The van der Waals surface area contributed by atoms with Gasteiger partial charge in [-0.15, -0.1) is 11.8 Å². The number of fused-ring (bicyclic) bond motifs is 2. The van der Waals surface area contributed by atoms with Gasteiger partial charge < -0.3 is 35.1 Å². The van der Waals surface area contributed by atoms with Crippen molar-refractivity contribution >= 4 is 52.2 Å². The number of β-lactam (4-membered cyclic amide) rings is 1. The van der Waals surface area contributed by atoms with Gasteiger partial charge in [-0.2, -0.15) is 0 Å². The number of anilines is 1. The normalized spacial score (nSPS) is 21.8. The molecule has 4 aliphatic rings. The highest BCUT2D eigenvalue weighted by molar-refractivity contribution is 8.00. The van der Waals surface area contributed by atoms with Crippen molar-refractivity contribution in [3.05, 3.63) is 51.2 Å². The number of amides is 1. The van der Waals surface area contributed by atoms with E-state index in [-0.39, 0.29) is 34.7 Å². The van der Waals surface area contributed by atoms with Crippen LogP contribution in [0, 0.1) is 5.82 Å². The summed E-state index contributed by atoms with van der Waals surface area (Å²) in [5, 5.41) is 18.3. The summed E-state index contributed by atoms with van der Waals surface area (Å²) in [6.07, 6.45) is 3.30. The number of aromatic nitrogens is 1. The van der Waals surface area contributed by atoms with E-state index in [4.69, 9.17) is 15.6 Å². The molecule has 4 heterocycles. The molecule has 13 nitrogen and oxygen atoms in total. The number of aliphatic carboxylic acids is 1. The van der Waals surface area contributed by atoms with Gasteiger partial charge in [-0.3, -0.25) is 19.3 Å². The zero-order chi connectivity index (χ0) is 31.9. The molecule has 6 rings (SSSR count). The van der Waals surface area contributed by atoms with Gasteiger partial charge in [-0.05, 0) is 31.5 Å². The van der Waals surface area contributed by atoms with Crippen LogP contribution in [0.2, 0.25) is 0 Å². The molecule has 2 saturated heterocycles. The number of nitrogens with two attached hydrogens (primary N) is 1. The van der Waals surface area contributed by atoms with E-state index in [9.17, 15) is 33.5 Å². The summed E-state index contributed by atoms with van der Waals surface area (Å²) in [5.41, 5.74) is 6.10. The van der Waals surface area contributed by atoms with Crippen molar-refractivity contribution in [2.45, 2.75) is 44.1 Å². The number of carbonyl (C=O) groups excluding carboxylic acids is 2. The number of ether oxygens (including phenoxy) is 1. The molecular weight excluding hydrogens is 597 g/mol. The van der Waals surface area contributed by atoms with Gasteiger partial charge in [0, 0.05) is 62.1 Å². The third-order valence-corrected chi connectivity index (χ3v) is 9.53. The second kappa shape index (κ2) is 12.6. The molecule has 2 aromatic rings. The number of hydrogen-bond acceptors (Lipinski definition) is 10. The van der Waals surface area contributed by atoms with Crippen LogP contribution in [-0.4, -0.2) is 105 Å². The first-order valence-corrected chi connectivity index (χ1v) is 15.4. The highest BCUT2D eigenvalue weighted by atomic mass is 32.2. The molecule has 0 unspecified atom stereocenters. The molecule has 3 aliphatic heterocycles. The standard InChI is InChI=1S/C19H22FN3O3.C10H12N2O5S/c1-2-21-5-7-22(8-6-21)17-10-16-13(9-15(17)20)18(24)14(19(25)26)11-23(16)12-3-4-12;1-4(13)17-2-5-3-18-9-6(11)8(14)12(9)7(5)10(15)16/h9-12H,2-8H2,1H3,(H,25,26);6,9H,2-3,11H2,1H3,(H,15,16)/t;6-,9-/m.1/s1. The van der Waals surface area contributed by atoms with E-state index >= 15 is 0 Å². The van der Waals surface area contributed by atoms with Crippen LogP contribution in [0.4, 0.5) is 10.1 Å². The Bertz CT molecular complexity index is 1610. The number of piperazine rings is 1. The molecule has 1 amide bonds. The third kappa shape index (κ3) is 6.03. The first kappa shape index (κ1) is 31.5. The highest BCUT2D eigenvalue weighted by Crippen LogP contribution is 2.40. The molecule has 1 aromatic carbocycles. The maximum absolute atomic E-state index is 14.8. The minimum absolute atomic E-state index is 0.105. The first-order chi connectivity index (χ1) is 20.9. The minimum atomic E-state index is -1.27. The summed E-state index contributed by atoms with van der Waals surface area (Å²) in [7, 11) is 0. The van der Waals surface area contributed by atoms with Crippen molar-refractivity contribution < 1.29 is 38.5 Å². The summed E-state index contributed by atoms with van der Waals surface area (Å²) < 4.78 is 21.4. The number of aromatic carboxylic acids is 1. The number of halogens is 1. The molecule has 236 valence electrons. The molecular formula is C29H34FN5O8S. The van der Waals surface area contributed by atoms with Gasteiger partial charge in [0.05, 0.1) is 11.2 Å². The molecule has 0 bridgehead atoms. The maximum atomic E-state index is 14.8. The zero-order valence-electron chi connectivity index (χ0n) is 24.3. The topological polar surface area (TPSA) is 176 Å². The Labute approximate surface area is 256 Å². The molecule has 0 radical (unpaired) electrons. The lowest BCUT2D eigenvalue weighted by Gasteiger charge is -2.47. The van der Waals surface area contributed by atoms with Crippen LogP contribution in [0.15, 0.2) is 34.4 Å². The zero-order valence-corrected chi connectivity index (χ0v) is 25.1. The van der Waals surface area contributed by atoms with Crippen LogP contribution in [0.3, 0.4) is 0 Å². The molecule has 0 spiro atoms. The van der Waals surface area contributed by atoms with Crippen LogP contribution >= 0.6 is 11.8 Å². The fourth-order valence-corrected chi connectivity index (χ4v) is 6.87. The van der Waals surface area contributed by atoms with Crippen LogP contribution in [-0.2, 0) is 19.1 Å². The molecule has 1 aromatic heterocycles. The van der Waals surface area contributed by atoms with Crippen molar-refractivity contribution in [3.8, 4) is 0 Å². The van der Waals surface area contributed by atoms with E-state index < -0.39 is 41.1 Å². The number of nitrogens with zero attached hydrogens (tertiary/aromatic N) is 4. The van der Waals surface area contributed by atoms with Crippen LogP contribution in [0.1, 0.15) is 43.1 Å². The Kier molecular flexibility index (Phi) is 9.00. The predicted molar refractivity (Wildman–Crippen MR) is 160 cm³/mol. The summed E-state index contributed by atoms with van der Waals surface area (Å²) in [6, 6.07) is 2.47. The number of carboxylic acid groups (broad SMARTS) is 2. The maximum Gasteiger partial charge on any atom is 0.352 e. The monoisotopic (exact) mass is 631 g/mol. The molecule has 1 saturated carbocycles. The van der Waals surface area contributed by atoms with E-state index in [0.717, 1.165) is 45.6 Å². The molecule has 15 heteroatoms. The lowest BCUT2D eigenvalue weighted by Crippen LogP contribution is -2.68. The summed E-state index contributed by atoms with van der Waals surface area (Å²) >= 11 is 1.37. The van der Waals surface area contributed by atoms with Gasteiger partial charge in [0.25, 0.3) is 0 Å². The van der Waals surface area contributed by atoms with Gasteiger partial charge in [-0.1, -0.05) is 6.92 Å². The van der Waals surface area contributed by atoms with Gasteiger partial charge in [0.15, 0.2) is 0 Å². The molecule has 2 atom stereocenters. The number of pyridine rings is 1. The van der Waals surface area contributed by atoms with Crippen LogP contribution in [0.25, 0.3) is 10.9 Å². The van der Waals surface area contributed by atoms with Crippen molar-refractivity contribution in [2.75, 3.05) is 50.0 Å². The number of benzene rings is 1. The predicted octanol–water partition coefficient (Wildman–Crippen LogP) is 1.45. The summed E-state index contributed by atoms with van der Waals surface area (Å²) in [6.45, 7) is 7.44. The van der Waals surface area contributed by atoms with Crippen molar-refractivity contribution in [2.24, 2.45) is 5.73 Å². The number of esters is 1. The third-order valence-electron chi connectivity index (χ3n) is 8.17. The number of thioether (sulfide) groups is 1. The van der Waals surface area contributed by atoms with Gasteiger partial charge >= 0.3 is 17.9 Å². The number of hydrogen-bond donors (Lipinski definition) is 3. The Balaban J connectivity index is 0.000000187. The summed E-state index contributed by atoms with van der Waals surface area (Å²) in [4.78, 5) is 62.9. The quantitative estimate of drug-likeness (QED) is 0.297. The Hall–Kier alpha value is -3.95. The largest absolute Gasteiger partial charge is 0.477 e. The molecule has 1 aliphatic carbocycles. The van der Waals surface area contributed by atoms with E-state index in [2.05, 4.69) is 11.8 Å². The van der Waals surface area contributed by atoms with Gasteiger partial charge in [0.2, 0.25) is 11.3 Å². The first-order valence-electron chi connectivity index (χ1n) is 14.3. The SMILES string of the molecule is CC(=O)OCC1=C(C(=O)O)N2C(=O)[C@@H](N)[C@H]2SC1.CCN1CCN(c2cc3c(cc2F)c(=O)c(C(=O)O)cn3C2CC2)CC1. The average molecular weight is 632 g/mol. The number of rotatable bonds is 7. The average Bonchev–Trinajstić information content (AvgIpc) is 3.85. The number of likely N-dealkylation sites (N-methyl/N-ethyl adjacent to an activating group) is 1. The van der Waals surface area contributed by atoms with E-state index in [1.165, 1.54) is 35.8 Å². The highest BCUT2D eigenvalue weighted by Gasteiger charge is 2.51. The van der Waals surface area contributed by atoms with Crippen molar-refractivity contribution in [1.29, 1.82) is 0 Å². The van der Waals surface area contributed by atoms with E-state index in [1.54, 1.807) is 6.07 Å². The van der Waals surface area contributed by atoms with Crippen molar-refractivity contribution in [1.82, 2.24) is 14.4 Å². The fourth-order valence-electron chi connectivity index (χ4n) is 5.59. The lowest BCUT2D eigenvalue weighted by molar-refractivity contribution is -0.148. The van der Waals surface area contributed by atoms with Gasteiger partial charge in [0.1, 0.15) is 35.1 Å². The molecule has 3 fully saturated rings. The molecule has 44 heavy (non-hydrogen) atoms. The Morgan fingerprint density at radius 3 is 2.34 bits per heavy atom. The smallest absolute Gasteiger partial charge is 0.352 e. The van der Waals surface area contributed by atoms with E-state index in [0.29, 0.717) is 22.5 Å². The molecule has 4 N–H and O–H groups in total. The fraction of sp³-hybridized carbons (Fsp3) is 0.483. The second-order valence-corrected chi connectivity index (χ2v) is 12.1. The second-order valence-electron chi connectivity index (χ2n) is 11.0. The van der Waals surface area contributed by atoms with E-state index in [1.807, 2.05) is 9.47 Å². The van der Waals surface area contributed by atoms with Crippen LogP contribution in [0.5, 0.6) is 0 Å². The Morgan fingerprint density at radius 2 is 1.77 bits per heavy atom. The Morgan fingerprint density at radius 1 is 1.09 bits per heavy atom. The lowest BCUT2D eigenvalue weighted by atomic mass is 10.0. The summed E-state index contributed by atoms with van der Waals surface area (Å²) in [5.74, 6) is -3.47. The van der Waals surface area contributed by atoms with Crippen molar-refractivity contribution in [3.63, 3.8) is 0 Å². The number of carboxylic acids is 2.